The molecule has 0 unspecified atom stereocenters. The van der Waals surface area contributed by atoms with Crippen molar-refractivity contribution < 1.29 is 76.9 Å². The van der Waals surface area contributed by atoms with Gasteiger partial charge in [0.1, 0.15) is 90.2 Å². The average Bonchev–Trinajstić information content (AvgIpc) is 0.851. The van der Waals surface area contributed by atoms with Crippen LogP contribution in [0.1, 0.15) is 92.2 Å². The molecule has 0 saturated heterocycles. The second-order valence-corrected chi connectivity index (χ2v) is 24.0. The molecule has 544 valence electrons. The zero-order chi connectivity index (χ0) is 75.9. The number of nitrogen functional groups attached to an aromatic ring is 1. The minimum absolute atomic E-state index is 0.0472. The van der Waals surface area contributed by atoms with E-state index < -0.39 is 29.2 Å². The van der Waals surface area contributed by atoms with E-state index in [0.29, 0.717) is 73.3 Å². The van der Waals surface area contributed by atoms with Crippen molar-refractivity contribution >= 4 is 110 Å². The van der Waals surface area contributed by atoms with Crippen molar-refractivity contribution in [1.29, 1.82) is 0 Å². The number of aromatic hydroxyl groups is 1. The maximum Gasteiger partial charge on any atom is 0.403 e. The summed E-state index contributed by atoms with van der Waals surface area (Å²) in [5, 5.41) is 25.4. The van der Waals surface area contributed by atoms with Gasteiger partial charge in [0.05, 0.1) is 93.3 Å². The van der Waals surface area contributed by atoms with Gasteiger partial charge in [-0.25, -0.2) is 44.3 Å². The smallest absolute Gasteiger partial charge is 0.403 e. The molecule has 0 aliphatic heterocycles. The van der Waals surface area contributed by atoms with E-state index in [1.165, 1.54) is 74.1 Å². The summed E-state index contributed by atoms with van der Waals surface area (Å²) in [6.07, 6.45) is 13.4. The predicted octanol–water partition coefficient (Wildman–Crippen LogP) is 16.4. The lowest BCUT2D eigenvalue weighted by Crippen LogP contribution is -2.15. The third kappa shape index (κ3) is 31.3. The van der Waals surface area contributed by atoms with Gasteiger partial charge in [-0.15, -0.1) is 0 Å². The number of rotatable bonds is 22. The molecule has 25 nitrogen and oxygen atoms in total. The number of phenolic OH excluding ortho intramolecular Hbond substituents is 1. The number of aromatic nitrogens is 6. The number of methoxy groups -OCH3 is 3. The number of ether oxygens (including phenoxy) is 8. The summed E-state index contributed by atoms with van der Waals surface area (Å²) >= 11 is 28.4. The fourth-order valence-electron chi connectivity index (χ4n) is 7.93. The molecule has 0 atom stereocenters. The van der Waals surface area contributed by atoms with Crippen LogP contribution in [0.5, 0.6) is 40.2 Å². The first-order valence-electron chi connectivity index (χ1n) is 30.9. The third-order valence-electron chi connectivity index (χ3n) is 12.9. The van der Waals surface area contributed by atoms with Crippen LogP contribution in [0.15, 0.2) is 202 Å². The molecule has 10 rings (SSSR count). The van der Waals surface area contributed by atoms with Crippen LogP contribution in [0, 0.1) is 11.8 Å². The highest BCUT2D eigenvalue weighted by molar-refractivity contribution is 6.61. The van der Waals surface area contributed by atoms with Crippen LogP contribution >= 0.6 is 58.0 Å². The van der Waals surface area contributed by atoms with Crippen LogP contribution in [0.25, 0.3) is 0 Å². The minimum Gasteiger partial charge on any atom is -0.507 e. The summed E-state index contributed by atoms with van der Waals surface area (Å²) in [5.41, 5.74) is 9.38. The van der Waals surface area contributed by atoms with E-state index in [9.17, 15) is 33.9 Å². The first-order valence-corrected chi connectivity index (χ1v) is 32.8. The first kappa shape index (κ1) is 83.3. The second kappa shape index (κ2) is 44.8. The topological polar surface area (TPSA) is 344 Å². The van der Waals surface area contributed by atoms with Gasteiger partial charge < -0.3 is 64.5 Å². The number of carboxylic acid groups (broad SMARTS) is 1. The quantitative estimate of drug-likeness (QED) is 0.0239. The summed E-state index contributed by atoms with van der Waals surface area (Å²) in [6, 6.07) is 40.5. The molecule has 2 amide bonds. The Morgan fingerprint density at radius 3 is 1.15 bits per heavy atom. The summed E-state index contributed by atoms with van der Waals surface area (Å²) in [7, 11) is 4.80. The number of nitrogens with one attached hydrogen (secondary N) is 2. The largest absolute Gasteiger partial charge is 0.507 e. The van der Waals surface area contributed by atoms with E-state index in [0.717, 1.165) is 33.9 Å². The number of carbonyl (C=O) groups excluding carboxylic acids is 5. The van der Waals surface area contributed by atoms with Crippen molar-refractivity contribution in [2.75, 3.05) is 44.3 Å². The molecule has 0 aliphatic carbocycles. The SMILES string of the molecule is CC(C)COC(=O)Cl.COc1ccc(COc2ccc(Cl)cc2C(=O)Nc2cncnc2)cc1.COc1ccc(COc2ccc(Cl)cc2C(=O)O)cc1.COc1ccc(COc2ccc(Cl)cc2C(=O)OC(=O)CC(C)C)cc1.Nc1cncnc1.O=C(Nc1cncnc1)c1cc(Cl)ccc1O. The molecule has 0 aliphatic rings. The van der Waals surface area contributed by atoms with E-state index in [1.807, 2.05) is 100 Å². The molecule has 0 bridgehead atoms. The summed E-state index contributed by atoms with van der Waals surface area (Å²) in [4.78, 5) is 92.0. The van der Waals surface area contributed by atoms with Crippen molar-refractivity contribution in [3.8, 4) is 40.2 Å². The third-order valence-corrected chi connectivity index (χ3v) is 14.0. The number of halogens is 5. The molecule has 0 saturated carbocycles. The lowest BCUT2D eigenvalue weighted by molar-refractivity contribution is -0.138. The molecule has 3 heterocycles. The normalized spacial score (nSPS) is 10.1. The number of esters is 2. The van der Waals surface area contributed by atoms with E-state index in [4.69, 9.17) is 102 Å². The van der Waals surface area contributed by atoms with Gasteiger partial charge in [-0.1, -0.05) is 110 Å². The van der Waals surface area contributed by atoms with Crippen LogP contribution in [-0.4, -0.2) is 103 Å². The Morgan fingerprint density at radius 2 is 0.808 bits per heavy atom. The molecular formula is C74H72Cl5N9O16. The van der Waals surface area contributed by atoms with E-state index in [1.54, 1.807) is 76.2 Å². The van der Waals surface area contributed by atoms with Gasteiger partial charge in [0.15, 0.2) is 0 Å². The summed E-state index contributed by atoms with van der Waals surface area (Å²) < 4.78 is 41.7. The number of phenols is 1. The van der Waals surface area contributed by atoms with Gasteiger partial charge in [-0.3, -0.25) is 14.4 Å². The number of carbonyl (C=O) groups is 6. The van der Waals surface area contributed by atoms with Crippen molar-refractivity contribution in [1.82, 2.24) is 29.9 Å². The fourth-order valence-corrected chi connectivity index (χ4v) is 8.68. The highest BCUT2D eigenvalue weighted by Crippen LogP contribution is 2.29. The molecule has 104 heavy (non-hydrogen) atoms. The number of aromatic carboxylic acids is 1. The minimum atomic E-state index is -1.07. The molecule has 0 spiro atoms. The van der Waals surface area contributed by atoms with Crippen LogP contribution in [0.4, 0.5) is 21.9 Å². The second-order valence-electron chi connectivity index (χ2n) is 21.9. The highest BCUT2D eigenvalue weighted by Gasteiger charge is 2.21. The van der Waals surface area contributed by atoms with Gasteiger partial charge >= 0.3 is 23.3 Å². The molecule has 10 aromatic rings. The Morgan fingerprint density at radius 1 is 0.462 bits per heavy atom. The number of anilines is 3. The summed E-state index contributed by atoms with van der Waals surface area (Å²) in [5.74, 6) is 0.356. The lowest BCUT2D eigenvalue weighted by atomic mass is 10.1. The molecule has 0 fully saturated rings. The van der Waals surface area contributed by atoms with Gasteiger partial charge in [0.25, 0.3) is 11.8 Å². The molecule has 0 radical (unpaired) electrons. The maximum atomic E-state index is 12.6. The molecule has 6 N–H and O–H groups in total. The molecule has 7 aromatic carbocycles. The number of benzene rings is 7. The highest BCUT2D eigenvalue weighted by atomic mass is 35.5. The zero-order valence-corrected chi connectivity index (χ0v) is 60.8. The van der Waals surface area contributed by atoms with Crippen LogP contribution in [0.2, 0.25) is 20.1 Å². The predicted molar refractivity (Wildman–Crippen MR) is 395 cm³/mol. The molecular weight excluding hydrogens is 1450 g/mol. The van der Waals surface area contributed by atoms with Crippen LogP contribution in [0.3, 0.4) is 0 Å². The zero-order valence-electron chi connectivity index (χ0n) is 57.0. The molecule has 30 heteroatoms. The Labute approximate surface area is 624 Å². The van der Waals surface area contributed by atoms with Crippen molar-refractivity contribution in [2.45, 2.75) is 53.9 Å². The van der Waals surface area contributed by atoms with Crippen molar-refractivity contribution in [3.63, 3.8) is 0 Å². The van der Waals surface area contributed by atoms with E-state index in [-0.39, 0.29) is 59.6 Å². The Bertz CT molecular complexity index is 4350. The van der Waals surface area contributed by atoms with Gasteiger partial charge in [0, 0.05) is 38.1 Å². The average molecular weight is 1520 g/mol. The molecule has 3 aromatic heterocycles. The van der Waals surface area contributed by atoms with Gasteiger partial charge in [-0.05, 0) is 138 Å². The first-order chi connectivity index (χ1) is 49.8. The monoisotopic (exact) mass is 1520 g/mol. The van der Waals surface area contributed by atoms with Crippen molar-refractivity contribution in [2.24, 2.45) is 11.8 Å². The van der Waals surface area contributed by atoms with Gasteiger partial charge in [-0.2, -0.15) is 0 Å². The number of nitrogens with two attached hydrogens (primary N) is 1. The number of hydrogen-bond acceptors (Lipinski definition) is 22. The van der Waals surface area contributed by atoms with Gasteiger partial charge in [0.2, 0.25) is 0 Å². The van der Waals surface area contributed by atoms with Crippen molar-refractivity contribution in [3.05, 3.63) is 261 Å². The lowest BCUT2D eigenvalue weighted by Gasteiger charge is -2.12. The standard InChI is InChI=1S/C20H21ClO5.C19H16ClN3O3.C15H13ClO4.C11H8ClN3O2.C5H9ClO2.C4H5N3/c1-13(2)10-19(22)26-20(23)17-11-15(21)6-9-18(17)25-12-14-4-7-16(24-3)8-5-14;1-25-16-5-2-13(3-6-16)11-26-18-7-4-14(20)8-17(18)19(24)23-15-9-21-12-22-10-15;1-19-12-5-2-10(3-6-12)9-20-14-7-4-11(16)8-13(14)15(17)18;12-7-1-2-10(16)9(3-7)11(17)15-8-4-13-6-14-5-8;1-4(2)3-8-5(6)7;5-4-1-6-3-7-2-4/h4-9,11,13H,10,12H2,1-3H3;2-10,12H,11H2,1H3,(H,23,24);2-8H,9H2,1H3,(H,17,18);1-6,16H,(H,15,17);4H,3H2,1-2H3;1-3H,5H2. The number of amides is 2. The van der Waals surface area contributed by atoms with Crippen LogP contribution < -0.4 is 44.8 Å². The number of hydrogen-bond donors (Lipinski definition) is 5. The number of nitrogens with zero attached hydrogens (tertiary/aromatic N) is 6. The Hall–Kier alpha value is -11.4. The fraction of sp³-hybridized carbons (Fsp3) is 0.189. The summed E-state index contributed by atoms with van der Waals surface area (Å²) in [6.45, 7) is 8.85. The Kier molecular flexibility index (Phi) is 35.9. The Balaban J connectivity index is 0.000000235. The van der Waals surface area contributed by atoms with E-state index >= 15 is 0 Å². The van der Waals surface area contributed by atoms with Crippen LogP contribution in [-0.2, 0) is 34.1 Å². The maximum absolute atomic E-state index is 12.6. The van der Waals surface area contributed by atoms with E-state index in [2.05, 4.69) is 45.3 Å². The number of carboxylic acids is 1.